The summed E-state index contributed by atoms with van der Waals surface area (Å²) in [5.74, 6) is -0.750. The maximum Gasteiger partial charge on any atom is 0.362 e. The summed E-state index contributed by atoms with van der Waals surface area (Å²) in [6, 6.07) is 10.8. The summed E-state index contributed by atoms with van der Waals surface area (Å²) in [7, 11) is 0. The SMILES string of the molecule is CCOC(=O)c1[nH]c2cc(Br)cc(Cc3cccc(Cl)c3)c2c1[N+](=O)[O-]. The van der Waals surface area contributed by atoms with Crippen LogP contribution in [0, 0.1) is 10.1 Å². The van der Waals surface area contributed by atoms with Gasteiger partial charge in [-0.1, -0.05) is 39.7 Å². The number of fused-ring (bicyclic) bond motifs is 1. The highest BCUT2D eigenvalue weighted by Gasteiger charge is 2.30. The van der Waals surface area contributed by atoms with E-state index in [0.29, 0.717) is 27.9 Å². The number of H-pyrrole nitrogens is 1. The summed E-state index contributed by atoms with van der Waals surface area (Å²) >= 11 is 9.46. The summed E-state index contributed by atoms with van der Waals surface area (Å²) in [5.41, 5.74) is 1.67. The molecule has 0 fully saturated rings. The predicted octanol–water partition coefficient (Wildman–Crippen LogP) is 5.26. The zero-order valence-corrected chi connectivity index (χ0v) is 16.1. The molecule has 0 aliphatic heterocycles. The summed E-state index contributed by atoms with van der Waals surface area (Å²) in [6.45, 7) is 1.78. The van der Waals surface area contributed by atoms with Crippen LogP contribution in [0.3, 0.4) is 0 Å². The van der Waals surface area contributed by atoms with E-state index in [2.05, 4.69) is 20.9 Å². The zero-order valence-electron chi connectivity index (χ0n) is 13.7. The number of aromatic nitrogens is 1. The normalized spacial score (nSPS) is 10.9. The molecule has 0 amide bonds. The molecule has 0 atom stereocenters. The molecule has 134 valence electrons. The Morgan fingerprint density at radius 3 is 2.77 bits per heavy atom. The lowest BCUT2D eigenvalue weighted by molar-refractivity contribution is -0.383. The fraction of sp³-hybridized carbons (Fsp3) is 0.167. The first-order valence-electron chi connectivity index (χ1n) is 7.80. The average Bonchev–Trinajstić information content (AvgIpc) is 2.95. The predicted molar refractivity (Wildman–Crippen MR) is 103 cm³/mol. The minimum atomic E-state index is -0.750. The number of nitro groups is 1. The minimum Gasteiger partial charge on any atom is -0.461 e. The number of hydrogen-bond donors (Lipinski definition) is 1. The second kappa shape index (κ2) is 7.47. The molecule has 6 nitrogen and oxygen atoms in total. The topological polar surface area (TPSA) is 85.2 Å². The third-order valence-electron chi connectivity index (χ3n) is 3.86. The van der Waals surface area contributed by atoms with Gasteiger partial charge < -0.3 is 9.72 Å². The number of nitrogens with one attached hydrogen (secondary N) is 1. The van der Waals surface area contributed by atoms with Crippen molar-refractivity contribution in [2.45, 2.75) is 13.3 Å². The third-order valence-corrected chi connectivity index (χ3v) is 4.56. The highest BCUT2D eigenvalue weighted by Crippen LogP contribution is 2.36. The Hall–Kier alpha value is -2.38. The van der Waals surface area contributed by atoms with Gasteiger partial charge in [0.25, 0.3) is 0 Å². The minimum absolute atomic E-state index is 0.129. The molecular formula is C18H14BrClN2O4. The van der Waals surface area contributed by atoms with Crippen LogP contribution in [0.4, 0.5) is 5.69 Å². The number of esters is 1. The first-order valence-corrected chi connectivity index (χ1v) is 8.97. The smallest absolute Gasteiger partial charge is 0.362 e. The van der Waals surface area contributed by atoms with Gasteiger partial charge in [0, 0.05) is 9.50 Å². The maximum absolute atomic E-state index is 12.2. The van der Waals surface area contributed by atoms with Crippen molar-refractivity contribution < 1.29 is 14.5 Å². The second-order valence-corrected chi connectivity index (χ2v) is 6.97. The molecule has 8 heteroatoms. The van der Waals surface area contributed by atoms with E-state index < -0.39 is 10.9 Å². The molecular weight excluding hydrogens is 424 g/mol. The Balaban J connectivity index is 2.22. The molecule has 1 aromatic heterocycles. The van der Waals surface area contributed by atoms with Gasteiger partial charge in [0.2, 0.25) is 5.69 Å². The summed E-state index contributed by atoms with van der Waals surface area (Å²) in [4.78, 5) is 26.1. The number of halogens is 2. The van der Waals surface area contributed by atoms with E-state index >= 15 is 0 Å². The number of benzene rings is 2. The number of aromatic amines is 1. The van der Waals surface area contributed by atoms with E-state index in [0.717, 1.165) is 10.0 Å². The van der Waals surface area contributed by atoms with E-state index in [9.17, 15) is 14.9 Å². The average molecular weight is 438 g/mol. The molecule has 0 saturated carbocycles. The van der Waals surface area contributed by atoms with Gasteiger partial charge in [-0.25, -0.2) is 4.79 Å². The molecule has 2 aromatic carbocycles. The van der Waals surface area contributed by atoms with Crippen molar-refractivity contribution >= 4 is 50.1 Å². The zero-order chi connectivity index (χ0) is 18.8. The van der Waals surface area contributed by atoms with Crippen LogP contribution in [-0.4, -0.2) is 22.5 Å². The monoisotopic (exact) mass is 436 g/mol. The summed E-state index contributed by atoms with van der Waals surface area (Å²) < 4.78 is 5.69. The van der Waals surface area contributed by atoms with Gasteiger partial charge in [-0.2, -0.15) is 0 Å². The molecule has 1 heterocycles. The van der Waals surface area contributed by atoms with Crippen molar-refractivity contribution in [2.75, 3.05) is 6.61 Å². The molecule has 0 unspecified atom stereocenters. The molecule has 1 N–H and O–H groups in total. The van der Waals surface area contributed by atoms with Crippen LogP contribution in [0.1, 0.15) is 28.5 Å². The van der Waals surface area contributed by atoms with E-state index in [1.807, 2.05) is 12.1 Å². The third kappa shape index (κ3) is 3.59. The molecule has 26 heavy (non-hydrogen) atoms. The van der Waals surface area contributed by atoms with E-state index in [4.69, 9.17) is 16.3 Å². The summed E-state index contributed by atoms with van der Waals surface area (Å²) in [5, 5.41) is 12.7. The van der Waals surface area contributed by atoms with Gasteiger partial charge in [0.1, 0.15) is 0 Å². The van der Waals surface area contributed by atoms with E-state index in [-0.39, 0.29) is 18.0 Å². The van der Waals surface area contributed by atoms with Crippen molar-refractivity contribution in [2.24, 2.45) is 0 Å². The van der Waals surface area contributed by atoms with Crippen molar-refractivity contribution in [1.29, 1.82) is 0 Å². The Bertz CT molecular complexity index is 1020. The Kier molecular flexibility index (Phi) is 5.29. The molecule has 3 rings (SSSR count). The number of rotatable bonds is 5. The second-order valence-electron chi connectivity index (χ2n) is 5.62. The number of nitrogens with zero attached hydrogens (tertiary/aromatic N) is 1. The lowest BCUT2D eigenvalue weighted by Gasteiger charge is -2.06. The first kappa shape index (κ1) is 18.4. The lowest BCUT2D eigenvalue weighted by Crippen LogP contribution is -2.07. The van der Waals surface area contributed by atoms with Crippen molar-refractivity contribution in [3.63, 3.8) is 0 Å². The standard InChI is InChI=1S/C18H14BrClN2O4/c1-2-26-18(23)16-17(22(24)25)15-11(8-12(19)9-14(15)21-16)6-10-4-3-5-13(20)7-10/h3-5,7-9,21H,2,6H2,1H3. The highest BCUT2D eigenvalue weighted by atomic mass is 79.9. The maximum atomic E-state index is 12.2. The van der Waals surface area contributed by atoms with Crippen LogP contribution in [-0.2, 0) is 11.2 Å². The number of carbonyl (C=O) groups is 1. The van der Waals surface area contributed by atoms with Gasteiger partial charge in [-0.15, -0.1) is 0 Å². The Morgan fingerprint density at radius 1 is 1.35 bits per heavy atom. The Labute approximate surface area is 162 Å². The fourth-order valence-corrected chi connectivity index (χ4v) is 3.62. The fourth-order valence-electron chi connectivity index (χ4n) is 2.90. The molecule has 0 saturated heterocycles. The van der Waals surface area contributed by atoms with Crippen molar-refractivity contribution in [1.82, 2.24) is 4.98 Å². The largest absolute Gasteiger partial charge is 0.461 e. The van der Waals surface area contributed by atoms with E-state index in [1.165, 1.54) is 0 Å². The number of ether oxygens (including phenoxy) is 1. The molecule has 0 bridgehead atoms. The number of hydrogen-bond acceptors (Lipinski definition) is 4. The molecule has 0 spiro atoms. The molecule has 0 aliphatic carbocycles. The van der Waals surface area contributed by atoms with Crippen LogP contribution in [0.25, 0.3) is 10.9 Å². The van der Waals surface area contributed by atoms with Gasteiger partial charge >= 0.3 is 11.7 Å². The highest BCUT2D eigenvalue weighted by molar-refractivity contribution is 9.10. The summed E-state index contributed by atoms with van der Waals surface area (Å²) in [6.07, 6.45) is 0.428. The van der Waals surface area contributed by atoms with Gasteiger partial charge in [0.15, 0.2) is 0 Å². The van der Waals surface area contributed by atoms with Crippen LogP contribution in [0.5, 0.6) is 0 Å². The van der Waals surface area contributed by atoms with Crippen LogP contribution < -0.4 is 0 Å². The lowest BCUT2D eigenvalue weighted by atomic mass is 10.0. The molecule has 3 aromatic rings. The van der Waals surface area contributed by atoms with Crippen molar-refractivity contribution in [3.8, 4) is 0 Å². The van der Waals surface area contributed by atoms with Gasteiger partial charge in [0.05, 0.1) is 22.4 Å². The van der Waals surface area contributed by atoms with Crippen LogP contribution in [0.15, 0.2) is 40.9 Å². The first-order chi connectivity index (χ1) is 12.4. The van der Waals surface area contributed by atoms with Crippen LogP contribution in [0.2, 0.25) is 5.02 Å². The van der Waals surface area contributed by atoms with Crippen molar-refractivity contribution in [3.05, 3.63) is 72.8 Å². The van der Waals surface area contributed by atoms with Gasteiger partial charge in [-0.3, -0.25) is 10.1 Å². The van der Waals surface area contributed by atoms with Gasteiger partial charge in [-0.05, 0) is 48.7 Å². The van der Waals surface area contributed by atoms with Crippen LogP contribution >= 0.6 is 27.5 Å². The molecule has 0 aliphatic rings. The number of carbonyl (C=O) groups excluding carboxylic acids is 1. The Morgan fingerprint density at radius 2 is 2.12 bits per heavy atom. The quantitative estimate of drug-likeness (QED) is 0.335. The van der Waals surface area contributed by atoms with E-state index in [1.54, 1.807) is 31.2 Å². The molecule has 0 radical (unpaired) electrons.